The first-order valence-corrected chi connectivity index (χ1v) is 5.58. The second-order valence-electron chi connectivity index (χ2n) is 4.07. The average Bonchev–Trinajstić information content (AvgIpc) is 2.60. The first-order valence-electron chi connectivity index (χ1n) is 5.58. The maximum absolute atomic E-state index is 11.7. The summed E-state index contributed by atoms with van der Waals surface area (Å²) in [4.78, 5) is 24.6. The van der Waals surface area contributed by atoms with Gasteiger partial charge < -0.3 is 4.90 Å². The van der Waals surface area contributed by atoms with Crippen LogP contribution in [-0.4, -0.2) is 18.2 Å². The van der Waals surface area contributed by atoms with E-state index in [1.165, 1.54) is 0 Å². The van der Waals surface area contributed by atoms with Crippen molar-refractivity contribution in [2.45, 2.75) is 26.7 Å². The van der Waals surface area contributed by atoms with Crippen LogP contribution >= 0.6 is 0 Å². The molecule has 1 aliphatic heterocycles. The van der Waals surface area contributed by atoms with Crippen LogP contribution in [0.15, 0.2) is 18.2 Å². The van der Waals surface area contributed by atoms with Crippen molar-refractivity contribution in [1.82, 2.24) is 0 Å². The lowest BCUT2D eigenvalue weighted by molar-refractivity contribution is -0.133. The quantitative estimate of drug-likeness (QED) is 0.709. The van der Waals surface area contributed by atoms with Crippen LogP contribution < -0.4 is 4.90 Å². The van der Waals surface area contributed by atoms with Crippen LogP contribution in [0.5, 0.6) is 0 Å². The number of benzene rings is 1. The van der Waals surface area contributed by atoms with Gasteiger partial charge in [0.05, 0.1) is 5.69 Å². The fourth-order valence-electron chi connectivity index (χ4n) is 2.18. The van der Waals surface area contributed by atoms with Gasteiger partial charge in [-0.3, -0.25) is 9.59 Å². The number of aryl methyl sites for hydroxylation is 2. The van der Waals surface area contributed by atoms with Gasteiger partial charge in [0.25, 0.3) is 5.91 Å². The number of hydrogen-bond donors (Lipinski definition) is 0. The summed E-state index contributed by atoms with van der Waals surface area (Å²) in [7, 11) is 0. The SMILES string of the molecule is CCc1cccc(C)c1N1CCC(=O)C1=O. The lowest BCUT2D eigenvalue weighted by Crippen LogP contribution is -2.28. The standard InChI is InChI=1S/C13H15NO2/c1-3-10-6-4-5-9(2)12(10)14-8-7-11(15)13(14)16/h4-6H,3,7-8H2,1-2H3. The first kappa shape index (κ1) is 10.9. The molecular formula is C13H15NO2. The van der Waals surface area contributed by atoms with Crippen LogP contribution in [0, 0.1) is 6.92 Å². The average molecular weight is 217 g/mol. The Bertz CT molecular complexity index is 451. The third-order valence-corrected chi connectivity index (χ3v) is 3.02. The first-order chi connectivity index (χ1) is 7.65. The van der Waals surface area contributed by atoms with Crippen molar-refractivity contribution in [3.05, 3.63) is 29.3 Å². The highest BCUT2D eigenvalue weighted by atomic mass is 16.2. The number of carbonyl (C=O) groups excluding carboxylic acids is 2. The van der Waals surface area contributed by atoms with E-state index in [9.17, 15) is 9.59 Å². The summed E-state index contributed by atoms with van der Waals surface area (Å²) in [5.41, 5.74) is 3.12. The molecule has 0 radical (unpaired) electrons. The molecule has 3 heteroatoms. The van der Waals surface area contributed by atoms with E-state index in [-0.39, 0.29) is 11.7 Å². The number of hydrogen-bond acceptors (Lipinski definition) is 2. The Morgan fingerprint density at radius 3 is 2.62 bits per heavy atom. The third-order valence-electron chi connectivity index (χ3n) is 3.02. The molecule has 3 nitrogen and oxygen atoms in total. The van der Waals surface area contributed by atoms with Crippen molar-refractivity contribution < 1.29 is 9.59 Å². The molecule has 1 fully saturated rings. The third kappa shape index (κ3) is 1.62. The van der Waals surface area contributed by atoms with Gasteiger partial charge in [-0.1, -0.05) is 25.1 Å². The fraction of sp³-hybridized carbons (Fsp3) is 0.385. The minimum atomic E-state index is -0.357. The van der Waals surface area contributed by atoms with Crippen LogP contribution in [0.25, 0.3) is 0 Å². The molecule has 0 bridgehead atoms. The number of Topliss-reactive ketones (excluding diaryl/α,β-unsaturated/α-hetero) is 1. The van der Waals surface area contributed by atoms with Gasteiger partial charge in [0.2, 0.25) is 5.78 Å². The lowest BCUT2D eigenvalue weighted by atomic mass is 10.0. The summed E-state index contributed by atoms with van der Waals surface area (Å²) >= 11 is 0. The molecule has 0 unspecified atom stereocenters. The van der Waals surface area contributed by atoms with Crippen LogP contribution in [0.1, 0.15) is 24.5 Å². The molecule has 1 aromatic carbocycles. The zero-order chi connectivity index (χ0) is 11.7. The van der Waals surface area contributed by atoms with E-state index in [0.29, 0.717) is 13.0 Å². The van der Waals surface area contributed by atoms with Crippen LogP contribution in [0.4, 0.5) is 5.69 Å². The Balaban J connectivity index is 2.47. The van der Waals surface area contributed by atoms with Gasteiger partial charge in [-0.25, -0.2) is 0 Å². The molecule has 1 heterocycles. The topological polar surface area (TPSA) is 37.4 Å². The Morgan fingerprint density at radius 1 is 1.31 bits per heavy atom. The number of para-hydroxylation sites is 1. The van der Waals surface area contributed by atoms with Gasteiger partial charge in [-0.05, 0) is 24.5 Å². The molecule has 1 aromatic rings. The second-order valence-corrected chi connectivity index (χ2v) is 4.07. The number of rotatable bonds is 2. The van der Waals surface area contributed by atoms with Crippen LogP contribution in [0.2, 0.25) is 0 Å². The minimum absolute atomic E-state index is 0.273. The molecule has 2 rings (SSSR count). The van der Waals surface area contributed by atoms with E-state index in [1.807, 2.05) is 25.1 Å². The maximum atomic E-state index is 11.7. The summed E-state index contributed by atoms with van der Waals surface area (Å²) < 4.78 is 0. The van der Waals surface area contributed by atoms with Crippen LogP contribution in [0.3, 0.4) is 0 Å². The van der Waals surface area contributed by atoms with Crippen molar-refractivity contribution in [3.8, 4) is 0 Å². The Kier molecular flexibility index (Phi) is 2.77. The van der Waals surface area contributed by atoms with Gasteiger partial charge in [-0.2, -0.15) is 0 Å². The summed E-state index contributed by atoms with van der Waals surface area (Å²) in [5, 5.41) is 0. The summed E-state index contributed by atoms with van der Waals surface area (Å²) in [6, 6.07) is 5.98. The molecule has 1 aliphatic rings. The molecular weight excluding hydrogens is 202 g/mol. The molecule has 0 aromatic heterocycles. The monoisotopic (exact) mass is 217 g/mol. The van der Waals surface area contributed by atoms with Crippen molar-refractivity contribution in [2.75, 3.05) is 11.4 Å². The molecule has 0 saturated carbocycles. The zero-order valence-electron chi connectivity index (χ0n) is 9.62. The van der Waals surface area contributed by atoms with Crippen molar-refractivity contribution in [1.29, 1.82) is 0 Å². The van der Waals surface area contributed by atoms with E-state index in [0.717, 1.165) is 23.2 Å². The van der Waals surface area contributed by atoms with Gasteiger partial charge in [-0.15, -0.1) is 0 Å². The lowest BCUT2D eigenvalue weighted by Gasteiger charge is -2.20. The predicted molar refractivity (Wildman–Crippen MR) is 62.5 cm³/mol. The van der Waals surface area contributed by atoms with Gasteiger partial charge in [0.1, 0.15) is 0 Å². The van der Waals surface area contributed by atoms with Crippen molar-refractivity contribution >= 4 is 17.4 Å². The minimum Gasteiger partial charge on any atom is -0.305 e. The highest BCUT2D eigenvalue weighted by molar-refractivity contribution is 6.43. The summed E-state index contributed by atoms with van der Waals surface area (Å²) in [6.07, 6.45) is 1.21. The normalized spacial score (nSPS) is 16.0. The van der Waals surface area contributed by atoms with Gasteiger partial charge >= 0.3 is 0 Å². The smallest absolute Gasteiger partial charge is 0.294 e. The largest absolute Gasteiger partial charge is 0.305 e. The van der Waals surface area contributed by atoms with Crippen molar-refractivity contribution in [2.24, 2.45) is 0 Å². The molecule has 1 saturated heterocycles. The van der Waals surface area contributed by atoms with Gasteiger partial charge in [0, 0.05) is 13.0 Å². The number of carbonyl (C=O) groups is 2. The summed E-state index contributed by atoms with van der Waals surface area (Å²) in [5.74, 6) is -0.630. The van der Waals surface area contributed by atoms with Gasteiger partial charge in [0.15, 0.2) is 0 Å². The fourth-order valence-corrected chi connectivity index (χ4v) is 2.18. The Labute approximate surface area is 95.1 Å². The second kappa shape index (κ2) is 4.08. The summed E-state index contributed by atoms with van der Waals surface area (Å²) in [6.45, 7) is 4.56. The number of amides is 1. The zero-order valence-corrected chi connectivity index (χ0v) is 9.62. The predicted octanol–water partition coefficient (Wildman–Crippen LogP) is 1.86. The van der Waals surface area contributed by atoms with E-state index in [1.54, 1.807) is 4.90 Å². The number of anilines is 1. The maximum Gasteiger partial charge on any atom is 0.294 e. The molecule has 1 amide bonds. The molecule has 84 valence electrons. The Hall–Kier alpha value is -1.64. The van der Waals surface area contributed by atoms with E-state index in [2.05, 4.69) is 6.92 Å². The highest BCUT2D eigenvalue weighted by Crippen LogP contribution is 2.28. The highest BCUT2D eigenvalue weighted by Gasteiger charge is 2.31. The Morgan fingerprint density at radius 2 is 2.06 bits per heavy atom. The van der Waals surface area contributed by atoms with Crippen molar-refractivity contribution in [3.63, 3.8) is 0 Å². The van der Waals surface area contributed by atoms with Crippen LogP contribution in [-0.2, 0) is 16.0 Å². The molecule has 0 spiro atoms. The van der Waals surface area contributed by atoms with E-state index < -0.39 is 0 Å². The molecule has 16 heavy (non-hydrogen) atoms. The molecule has 0 aliphatic carbocycles. The molecule has 0 N–H and O–H groups in total. The number of ketones is 1. The van der Waals surface area contributed by atoms with E-state index >= 15 is 0 Å². The number of nitrogens with zero attached hydrogens (tertiary/aromatic N) is 1. The molecule has 0 atom stereocenters. The van der Waals surface area contributed by atoms with E-state index in [4.69, 9.17) is 0 Å².